The summed E-state index contributed by atoms with van der Waals surface area (Å²) >= 11 is 1.80. The Labute approximate surface area is 137 Å². The molecule has 5 heteroatoms. The Balaban J connectivity index is 1.88. The number of hydrogen-bond acceptors (Lipinski definition) is 4. The van der Waals surface area contributed by atoms with Gasteiger partial charge in [0.2, 0.25) is 0 Å². The molecule has 0 spiro atoms. The maximum Gasteiger partial charge on any atom is 0.175 e. The van der Waals surface area contributed by atoms with Crippen LogP contribution < -0.4 is 5.32 Å². The predicted molar refractivity (Wildman–Crippen MR) is 93.2 cm³/mol. The lowest BCUT2D eigenvalue weighted by atomic mass is 10.0. The van der Waals surface area contributed by atoms with Gasteiger partial charge in [-0.25, -0.2) is 8.42 Å². The Morgan fingerprint density at radius 2 is 1.82 bits per heavy atom. The molecule has 3 nitrogen and oxygen atoms in total. The molecular weight excluding hydrogens is 314 g/mol. The summed E-state index contributed by atoms with van der Waals surface area (Å²) in [6.45, 7) is 5.28. The molecule has 0 aliphatic rings. The van der Waals surface area contributed by atoms with Crippen molar-refractivity contribution in [3.05, 3.63) is 52.2 Å². The first-order valence-electron chi connectivity index (χ1n) is 7.42. The highest BCUT2D eigenvalue weighted by Crippen LogP contribution is 2.18. The van der Waals surface area contributed by atoms with Crippen molar-refractivity contribution in [2.24, 2.45) is 5.92 Å². The van der Waals surface area contributed by atoms with E-state index in [0.29, 0.717) is 10.8 Å². The van der Waals surface area contributed by atoms with E-state index in [-0.39, 0.29) is 6.04 Å². The van der Waals surface area contributed by atoms with Crippen LogP contribution in [0, 0.1) is 5.92 Å². The summed E-state index contributed by atoms with van der Waals surface area (Å²) in [5.41, 5.74) is 1.11. The second-order valence-corrected chi connectivity index (χ2v) is 8.91. The van der Waals surface area contributed by atoms with Gasteiger partial charge in [-0.2, -0.15) is 0 Å². The van der Waals surface area contributed by atoms with Crippen LogP contribution in [0.25, 0.3) is 0 Å². The summed E-state index contributed by atoms with van der Waals surface area (Å²) in [4.78, 5) is 1.79. The molecule has 2 aromatic rings. The zero-order valence-electron chi connectivity index (χ0n) is 13.2. The van der Waals surface area contributed by atoms with E-state index in [4.69, 9.17) is 0 Å². The molecule has 1 heterocycles. The van der Waals surface area contributed by atoms with E-state index in [0.717, 1.165) is 18.5 Å². The number of thiophene rings is 1. The summed E-state index contributed by atoms with van der Waals surface area (Å²) in [5, 5.41) is 5.64. The Hall–Kier alpha value is -1.17. The second-order valence-electron chi connectivity index (χ2n) is 5.86. The molecule has 2 atom stereocenters. The zero-order valence-corrected chi connectivity index (χ0v) is 14.9. The third-order valence-electron chi connectivity index (χ3n) is 3.71. The van der Waals surface area contributed by atoms with Gasteiger partial charge in [-0.15, -0.1) is 11.3 Å². The molecule has 0 radical (unpaired) electrons. The van der Waals surface area contributed by atoms with Gasteiger partial charge in [-0.05, 0) is 54.9 Å². The Morgan fingerprint density at radius 3 is 2.36 bits per heavy atom. The second kappa shape index (κ2) is 7.40. The van der Waals surface area contributed by atoms with Crippen molar-refractivity contribution in [1.82, 2.24) is 5.32 Å². The molecule has 1 N–H and O–H groups in total. The van der Waals surface area contributed by atoms with E-state index in [1.807, 2.05) is 12.1 Å². The van der Waals surface area contributed by atoms with Gasteiger partial charge >= 0.3 is 0 Å². The molecular formula is C17H23NO2S2. The summed E-state index contributed by atoms with van der Waals surface area (Å²) < 4.78 is 22.9. The lowest BCUT2D eigenvalue weighted by Gasteiger charge is -2.18. The minimum Gasteiger partial charge on any atom is -0.310 e. The molecule has 0 bridgehead atoms. The minimum absolute atomic E-state index is 0.208. The zero-order chi connectivity index (χ0) is 16.2. The van der Waals surface area contributed by atoms with Crippen LogP contribution in [0.3, 0.4) is 0 Å². The summed E-state index contributed by atoms with van der Waals surface area (Å²) in [6.07, 6.45) is 2.32. The number of nitrogens with one attached hydrogen (secondary N) is 1. The molecule has 0 fully saturated rings. The smallest absolute Gasteiger partial charge is 0.175 e. The van der Waals surface area contributed by atoms with Crippen molar-refractivity contribution >= 4 is 21.2 Å². The summed E-state index contributed by atoms with van der Waals surface area (Å²) in [7, 11) is -3.12. The molecule has 0 aliphatic carbocycles. The highest BCUT2D eigenvalue weighted by atomic mass is 32.2. The molecule has 0 amide bonds. The van der Waals surface area contributed by atoms with Crippen LogP contribution in [0.1, 0.15) is 30.3 Å². The average molecular weight is 338 g/mol. The number of rotatable bonds is 7. The standard InChI is InChI=1S/C17H23NO2S2/c1-13(11-16-5-4-10-21-16)12-18-14(2)15-6-8-17(9-7-15)22(3,19)20/h4-10,13-14,18H,11-12H2,1-3H3/t13-,14+/m0/s1. The van der Waals surface area contributed by atoms with Crippen LogP contribution in [0.2, 0.25) is 0 Å². The van der Waals surface area contributed by atoms with Gasteiger partial charge in [0.1, 0.15) is 0 Å². The van der Waals surface area contributed by atoms with E-state index < -0.39 is 9.84 Å². The highest BCUT2D eigenvalue weighted by Gasteiger charge is 2.11. The third-order valence-corrected chi connectivity index (χ3v) is 5.74. The van der Waals surface area contributed by atoms with Crippen molar-refractivity contribution in [3.8, 4) is 0 Å². The van der Waals surface area contributed by atoms with Crippen molar-refractivity contribution < 1.29 is 8.42 Å². The number of sulfone groups is 1. The van der Waals surface area contributed by atoms with Crippen LogP contribution >= 0.6 is 11.3 Å². The third kappa shape index (κ3) is 4.93. The minimum atomic E-state index is -3.12. The maximum atomic E-state index is 11.5. The topological polar surface area (TPSA) is 46.2 Å². The van der Waals surface area contributed by atoms with Gasteiger partial charge in [-0.3, -0.25) is 0 Å². The lowest BCUT2D eigenvalue weighted by Crippen LogP contribution is -2.25. The van der Waals surface area contributed by atoms with Crippen LogP contribution in [-0.2, 0) is 16.3 Å². The predicted octanol–water partition coefficient (Wildman–Crippen LogP) is 3.68. The Bertz CT molecular complexity index is 676. The van der Waals surface area contributed by atoms with E-state index in [1.54, 1.807) is 23.5 Å². The molecule has 2 rings (SSSR count). The largest absolute Gasteiger partial charge is 0.310 e. The first-order valence-corrected chi connectivity index (χ1v) is 10.2. The fraction of sp³-hybridized carbons (Fsp3) is 0.412. The summed E-state index contributed by atoms with van der Waals surface area (Å²) in [6, 6.07) is 11.6. The summed E-state index contributed by atoms with van der Waals surface area (Å²) in [5.74, 6) is 0.566. The lowest BCUT2D eigenvalue weighted by molar-refractivity contribution is 0.470. The molecule has 0 saturated heterocycles. The Morgan fingerprint density at radius 1 is 1.14 bits per heavy atom. The van der Waals surface area contributed by atoms with Gasteiger partial charge in [-0.1, -0.05) is 25.1 Å². The maximum absolute atomic E-state index is 11.5. The van der Waals surface area contributed by atoms with Crippen molar-refractivity contribution in [1.29, 1.82) is 0 Å². The van der Waals surface area contributed by atoms with Crippen LogP contribution in [0.4, 0.5) is 0 Å². The molecule has 22 heavy (non-hydrogen) atoms. The molecule has 0 aliphatic heterocycles. The normalized spacial score (nSPS) is 14.7. The fourth-order valence-electron chi connectivity index (χ4n) is 2.34. The van der Waals surface area contributed by atoms with Crippen LogP contribution in [0.5, 0.6) is 0 Å². The monoisotopic (exact) mass is 337 g/mol. The molecule has 1 aromatic carbocycles. The molecule has 0 saturated carbocycles. The quantitative estimate of drug-likeness (QED) is 0.838. The van der Waals surface area contributed by atoms with Gasteiger partial charge < -0.3 is 5.32 Å². The molecule has 120 valence electrons. The van der Waals surface area contributed by atoms with Crippen LogP contribution in [0.15, 0.2) is 46.7 Å². The van der Waals surface area contributed by atoms with Crippen molar-refractivity contribution in [3.63, 3.8) is 0 Å². The first-order chi connectivity index (χ1) is 10.4. The van der Waals surface area contributed by atoms with E-state index in [1.165, 1.54) is 11.1 Å². The highest BCUT2D eigenvalue weighted by molar-refractivity contribution is 7.90. The molecule has 1 aromatic heterocycles. The van der Waals surface area contributed by atoms with E-state index >= 15 is 0 Å². The number of hydrogen-bond donors (Lipinski definition) is 1. The van der Waals surface area contributed by atoms with Gasteiger partial charge in [0, 0.05) is 17.2 Å². The average Bonchev–Trinajstić information content (AvgIpc) is 2.97. The van der Waals surface area contributed by atoms with Gasteiger partial charge in [0.25, 0.3) is 0 Å². The van der Waals surface area contributed by atoms with Crippen LogP contribution in [-0.4, -0.2) is 21.2 Å². The Kier molecular flexibility index (Phi) is 5.78. The van der Waals surface area contributed by atoms with Crippen molar-refractivity contribution in [2.45, 2.75) is 31.2 Å². The fourth-order valence-corrected chi connectivity index (χ4v) is 3.84. The number of benzene rings is 1. The SMILES string of the molecule is C[C@H](CN[C@H](C)c1ccc(S(C)(=O)=O)cc1)Cc1cccs1. The van der Waals surface area contributed by atoms with E-state index in [2.05, 4.69) is 36.7 Å². The van der Waals surface area contributed by atoms with Crippen molar-refractivity contribution in [2.75, 3.05) is 12.8 Å². The first kappa shape index (κ1) is 17.2. The van der Waals surface area contributed by atoms with Gasteiger partial charge in [0.15, 0.2) is 9.84 Å². The van der Waals surface area contributed by atoms with E-state index in [9.17, 15) is 8.42 Å². The molecule has 0 unspecified atom stereocenters. The van der Waals surface area contributed by atoms with Gasteiger partial charge in [0.05, 0.1) is 4.90 Å².